The lowest BCUT2D eigenvalue weighted by molar-refractivity contribution is -0.137. The van der Waals surface area contributed by atoms with Gasteiger partial charge in [0, 0.05) is 30.3 Å². The number of halogens is 3. The zero-order valence-corrected chi connectivity index (χ0v) is 19.4. The largest absolute Gasteiger partial charge is 0.491 e. The Hall–Kier alpha value is -2.97. The summed E-state index contributed by atoms with van der Waals surface area (Å²) >= 11 is 0. The minimum Gasteiger partial charge on any atom is -0.491 e. The maximum atomic E-state index is 13.3. The number of anilines is 1. The number of hydrogen-bond donors (Lipinski definition) is 2. The maximum absolute atomic E-state index is 13.3. The van der Waals surface area contributed by atoms with E-state index in [9.17, 15) is 13.2 Å². The summed E-state index contributed by atoms with van der Waals surface area (Å²) in [6.07, 6.45) is -1.30. The van der Waals surface area contributed by atoms with Gasteiger partial charge in [0.05, 0.1) is 29.2 Å². The molecule has 6 nitrogen and oxygen atoms in total. The molecule has 2 heterocycles. The summed E-state index contributed by atoms with van der Waals surface area (Å²) in [5.74, 6) is 2.60. The van der Waals surface area contributed by atoms with E-state index in [2.05, 4.69) is 10.3 Å². The lowest BCUT2D eigenvalue weighted by Gasteiger charge is -2.39. The van der Waals surface area contributed by atoms with Crippen molar-refractivity contribution in [3.05, 3.63) is 52.6 Å². The topological polar surface area (TPSA) is 81.2 Å². The van der Waals surface area contributed by atoms with E-state index < -0.39 is 23.2 Å². The summed E-state index contributed by atoms with van der Waals surface area (Å²) in [6, 6.07) is 2.96. The molecule has 9 heteroatoms. The average molecular weight is 463 g/mol. The van der Waals surface area contributed by atoms with Gasteiger partial charge in [-0.25, -0.2) is 4.99 Å². The normalized spacial score (nSPS) is 29.5. The molecule has 0 fully saturated rings. The first-order chi connectivity index (χ1) is 15.3. The standard InChI is InChI=1S/C24H29F3N4O2/c1-12-6-13(2)33-20-11-23(5)21(10-19(20)32-12)30-15(4)31-22(23)29-14(3)16-7-17(24(25,26)27)9-18(28)8-16/h7-10,12-14H,6,11,28H2,1-5H3,(H,29,30,31)/t12?,13?,14-,23?/m1/s1. The maximum Gasteiger partial charge on any atom is 0.416 e. The van der Waals surface area contributed by atoms with Crippen molar-refractivity contribution in [3.8, 4) is 0 Å². The van der Waals surface area contributed by atoms with Crippen molar-refractivity contribution >= 4 is 17.4 Å². The van der Waals surface area contributed by atoms with Crippen molar-refractivity contribution in [2.24, 2.45) is 15.4 Å². The highest BCUT2D eigenvalue weighted by molar-refractivity contribution is 6.04. The molecule has 1 aliphatic carbocycles. The predicted octanol–water partition coefficient (Wildman–Crippen LogP) is 5.49. The van der Waals surface area contributed by atoms with Gasteiger partial charge < -0.3 is 20.5 Å². The van der Waals surface area contributed by atoms with Crippen LogP contribution in [-0.4, -0.2) is 23.9 Å². The molecule has 0 aromatic heterocycles. The summed E-state index contributed by atoms with van der Waals surface area (Å²) < 4.78 is 52.1. The zero-order chi connectivity index (χ0) is 24.1. The van der Waals surface area contributed by atoms with Crippen LogP contribution in [0, 0.1) is 5.41 Å². The predicted molar refractivity (Wildman–Crippen MR) is 121 cm³/mol. The van der Waals surface area contributed by atoms with Crippen LogP contribution >= 0.6 is 0 Å². The summed E-state index contributed by atoms with van der Waals surface area (Å²) in [4.78, 5) is 9.41. The van der Waals surface area contributed by atoms with Crippen LogP contribution in [0.4, 0.5) is 18.9 Å². The third-order valence-corrected chi connectivity index (χ3v) is 6.18. The number of allylic oxidation sites excluding steroid dienone is 2. The van der Waals surface area contributed by atoms with Crippen LogP contribution in [0.1, 0.15) is 64.6 Å². The Bertz CT molecular complexity index is 1090. The average Bonchev–Trinajstić information content (AvgIpc) is 2.81. The molecule has 0 bridgehead atoms. The Balaban J connectivity index is 1.73. The van der Waals surface area contributed by atoms with Crippen molar-refractivity contribution < 1.29 is 22.6 Å². The molecular formula is C24H29F3N4O2. The Morgan fingerprint density at radius 3 is 2.61 bits per heavy atom. The number of ether oxygens (including phenoxy) is 2. The smallest absolute Gasteiger partial charge is 0.416 e. The van der Waals surface area contributed by atoms with Gasteiger partial charge in [-0.3, -0.25) is 4.99 Å². The summed E-state index contributed by atoms with van der Waals surface area (Å²) in [7, 11) is 0. The molecule has 3 aliphatic rings. The number of nitrogen functional groups attached to an aromatic ring is 1. The third-order valence-electron chi connectivity index (χ3n) is 6.18. The SMILES string of the molecule is CC1=NC(=N[C@H](C)c2cc(N)cc(C(F)(F)F)c2)C2(C)CC3=C(C=C2N1)OC(C)CC(C)O3. The molecule has 3 unspecified atom stereocenters. The van der Waals surface area contributed by atoms with E-state index in [1.807, 2.05) is 33.8 Å². The van der Waals surface area contributed by atoms with Crippen LogP contribution < -0.4 is 11.1 Å². The number of rotatable bonds is 2. The van der Waals surface area contributed by atoms with Gasteiger partial charge in [-0.05, 0) is 58.4 Å². The Morgan fingerprint density at radius 1 is 1.21 bits per heavy atom. The van der Waals surface area contributed by atoms with Crippen LogP contribution in [0.2, 0.25) is 0 Å². The van der Waals surface area contributed by atoms with Gasteiger partial charge >= 0.3 is 6.18 Å². The molecule has 4 rings (SSSR count). The fraction of sp³-hybridized carbons (Fsp3) is 0.500. The molecule has 0 saturated heterocycles. The molecule has 178 valence electrons. The number of alkyl halides is 3. The van der Waals surface area contributed by atoms with Crippen LogP contribution in [0.3, 0.4) is 0 Å². The van der Waals surface area contributed by atoms with E-state index in [4.69, 9.17) is 20.2 Å². The van der Waals surface area contributed by atoms with Gasteiger partial charge in [-0.15, -0.1) is 0 Å². The molecule has 3 N–H and O–H groups in total. The van der Waals surface area contributed by atoms with E-state index in [1.54, 1.807) is 6.92 Å². The van der Waals surface area contributed by atoms with Gasteiger partial charge in [-0.1, -0.05) is 0 Å². The van der Waals surface area contributed by atoms with Crippen LogP contribution in [0.5, 0.6) is 0 Å². The van der Waals surface area contributed by atoms with Gasteiger partial charge in [-0.2, -0.15) is 13.2 Å². The van der Waals surface area contributed by atoms with Gasteiger partial charge in [0.25, 0.3) is 0 Å². The van der Waals surface area contributed by atoms with Gasteiger partial charge in [0.1, 0.15) is 17.4 Å². The molecule has 1 aromatic rings. The minimum atomic E-state index is -4.49. The first kappa shape index (κ1) is 23.2. The molecule has 1 aromatic carbocycles. The lowest BCUT2D eigenvalue weighted by Crippen LogP contribution is -2.45. The molecule has 0 spiro atoms. The Kier molecular flexibility index (Phi) is 5.70. The third kappa shape index (κ3) is 4.58. The van der Waals surface area contributed by atoms with E-state index >= 15 is 0 Å². The van der Waals surface area contributed by atoms with Gasteiger partial charge in [0.2, 0.25) is 0 Å². The molecule has 0 amide bonds. The Labute approximate surface area is 191 Å². The quantitative estimate of drug-likeness (QED) is 0.570. The molecular weight excluding hydrogens is 433 g/mol. The molecule has 0 radical (unpaired) electrons. The number of amidine groups is 2. The number of nitrogens with two attached hydrogens (primary N) is 1. The second-order valence-corrected chi connectivity index (χ2v) is 9.28. The first-order valence-corrected chi connectivity index (χ1v) is 11.0. The molecule has 0 saturated carbocycles. The lowest BCUT2D eigenvalue weighted by atomic mass is 9.76. The minimum absolute atomic E-state index is 0.000216. The van der Waals surface area contributed by atoms with E-state index in [0.717, 1.165) is 30.0 Å². The number of benzene rings is 1. The second-order valence-electron chi connectivity index (χ2n) is 9.28. The van der Waals surface area contributed by atoms with Crippen LogP contribution in [0.25, 0.3) is 0 Å². The van der Waals surface area contributed by atoms with E-state index in [-0.39, 0.29) is 17.9 Å². The first-order valence-electron chi connectivity index (χ1n) is 11.0. The number of aliphatic imine (C=N–C) groups is 2. The summed E-state index contributed by atoms with van der Waals surface area (Å²) in [6.45, 7) is 9.58. The van der Waals surface area contributed by atoms with Crippen molar-refractivity contribution in [3.63, 3.8) is 0 Å². The summed E-state index contributed by atoms with van der Waals surface area (Å²) in [5, 5.41) is 3.31. The molecule has 4 atom stereocenters. The molecule has 2 aliphatic heterocycles. The Morgan fingerprint density at radius 2 is 1.91 bits per heavy atom. The molecule has 33 heavy (non-hydrogen) atoms. The highest BCUT2D eigenvalue weighted by Crippen LogP contribution is 2.45. The number of fused-ring (bicyclic) bond motifs is 1. The van der Waals surface area contributed by atoms with Crippen LogP contribution in [0.15, 0.2) is 51.5 Å². The number of nitrogens with one attached hydrogen (secondary N) is 1. The summed E-state index contributed by atoms with van der Waals surface area (Å²) in [5.41, 5.74) is 5.62. The van der Waals surface area contributed by atoms with Crippen molar-refractivity contribution in [1.82, 2.24) is 5.32 Å². The zero-order valence-electron chi connectivity index (χ0n) is 19.4. The number of nitrogens with zero attached hydrogens (tertiary/aromatic N) is 2. The van der Waals surface area contributed by atoms with Crippen LogP contribution in [-0.2, 0) is 15.7 Å². The fourth-order valence-electron chi connectivity index (χ4n) is 4.49. The second kappa shape index (κ2) is 8.11. The van der Waals surface area contributed by atoms with E-state index in [0.29, 0.717) is 29.4 Å². The monoisotopic (exact) mass is 462 g/mol. The highest BCUT2D eigenvalue weighted by atomic mass is 19.4. The number of hydrogen-bond acceptors (Lipinski definition) is 5. The van der Waals surface area contributed by atoms with Crippen molar-refractivity contribution in [1.29, 1.82) is 0 Å². The highest BCUT2D eigenvalue weighted by Gasteiger charge is 2.44. The van der Waals surface area contributed by atoms with Crippen molar-refractivity contribution in [2.75, 3.05) is 5.73 Å². The van der Waals surface area contributed by atoms with Gasteiger partial charge in [0.15, 0.2) is 5.76 Å². The van der Waals surface area contributed by atoms with E-state index in [1.165, 1.54) is 6.07 Å². The fourth-order valence-corrected chi connectivity index (χ4v) is 4.49. The van der Waals surface area contributed by atoms with Crippen molar-refractivity contribution in [2.45, 2.75) is 71.9 Å².